The summed E-state index contributed by atoms with van der Waals surface area (Å²) in [6, 6.07) is 16.6. The molecule has 26 heavy (non-hydrogen) atoms. The molecule has 0 amide bonds. The summed E-state index contributed by atoms with van der Waals surface area (Å²) in [6.45, 7) is 2.61. The topological polar surface area (TPSA) is 54.0 Å². The van der Waals surface area contributed by atoms with Crippen LogP contribution >= 0.6 is 0 Å². The lowest BCUT2D eigenvalue weighted by Gasteiger charge is -2.38. The molecular weight excluding hydrogens is 332 g/mol. The van der Waals surface area contributed by atoms with Crippen molar-refractivity contribution in [2.75, 3.05) is 20.3 Å². The van der Waals surface area contributed by atoms with Crippen molar-refractivity contribution < 1.29 is 23.7 Å². The Bertz CT molecular complexity index is 858. The van der Waals surface area contributed by atoms with Gasteiger partial charge in [-0.15, -0.1) is 0 Å². The second-order valence-electron chi connectivity index (χ2n) is 6.30. The normalized spacial score (nSPS) is 25.2. The number of hydrogen-bond donors (Lipinski definition) is 0. The highest BCUT2D eigenvalue weighted by Crippen LogP contribution is 2.44. The molecule has 5 heteroatoms. The zero-order valence-electron chi connectivity index (χ0n) is 14.7. The fourth-order valence-electron chi connectivity index (χ4n) is 3.55. The van der Waals surface area contributed by atoms with E-state index in [9.17, 15) is 4.79 Å². The van der Waals surface area contributed by atoms with Crippen LogP contribution in [0, 0.1) is 0 Å². The molecule has 0 radical (unpaired) electrons. The van der Waals surface area contributed by atoms with E-state index in [2.05, 4.69) is 0 Å². The number of para-hydroxylation sites is 1. The summed E-state index contributed by atoms with van der Waals surface area (Å²) in [7, 11) is 1.60. The summed E-state index contributed by atoms with van der Waals surface area (Å²) in [6.07, 6.45) is -0.579. The van der Waals surface area contributed by atoms with Crippen molar-refractivity contribution in [2.45, 2.75) is 18.8 Å². The monoisotopic (exact) mass is 352 g/mol. The second kappa shape index (κ2) is 6.59. The Hall–Kier alpha value is -2.63. The molecular formula is C21H20O5. The molecule has 0 spiro atoms. The van der Waals surface area contributed by atoms with Crippen molar-refractivity contribution in [2.24, 2.45) is 0 Å². The molecule has 0 saturated carbocycles. The summed E-state index contributed by atoms with van der Waals surface area (Å²) >= 11 is 0. The van der Waals surface area contributed by atoms with Gasteiger partial charge >= 0.3 is 5.79 Å². The number of methoxy groups -OCH3 is 1. The minimum atomic E-state index is -1.48. The van der Waals surface area contributed by atoms with E-state index in [0.29, 0.717) is 30.3 Å². The van der Waals surface area contributed by atoms with Crippen LogP contribution in [0.2, 0.25) is 0 Å². The van der Waals surface area contributed by atoms with Gasteiger partial charge in [0.1, 0.15) is 11.5 Å². The summed E-state index contributed by atoms with van der Waals surface area (Å²) in [5, 5.41) is 0. The van der Waals surface area contributed by atoms with Crippen LogP contribution in [-0.4, -0.2) is 38.0 Å². The molecule has 0 unspecified atom stereocenters. The maximum atomic E-state index is 13.4. The number of ether oxygens (including phenoxy) is 4. The molecule has 134 valence electrons. The third-order valence-corrected chi connectivity index (χ3v) is 4.73. The van der Waals surface area contributed by atoms with E-state index in [1.807, 2.05) is 49.4 Å². The predicted octanol–water partition coefficient (Wildman–Crippen LogP) is 3.24. The molecule has 0 aromatic heterocycles. The van der Waals surface area contributed by atoms with E-state index in [4.69, 9.17) is 18.9 Å². The fourth-order valence-corrected chi connectivity index (χ4v) is 3.55. The number of carbonyl (C=O) groups is 1. The van der Waals surface area contributed by atoms with Gasteiger partial charge in [-0.25, -0.2) is 0 Å². The zero-order valence-corrected chi connectivity index (χ0v) is 14.7. The minimum absolute atomic E-state index is 0.225. The van der Waals surface area contributed by atoms with E-state index in [0.717, 1.165) is 11.1 Å². The highest BCUT2D eigenvalue weighted by Gasteiger charge is 2.60. The van der Waals surface area contributed by atoms with Crippen LogP contribution in [-0.2, 0) is 14.3 Å². The number of hydrogen-bond acceptors (Lipinski definition) is 5. The van der Waals surface area contributed by atoms with Crippen molar-refractivity contribution in [3.05, 3.63) is 65.7 Å². The average Bonchev–Trinajstić information content (AvgIpc) is 2.90. The SMILES string of the molecule is COc1cccc(C2=C(C)[C@H]3OCCO[C@@]3(Oc3ccccc3)C2=O)c1. The van der Waals surface area contributed by atoms with Gasteiger partial charge in [0.25, 0.3) is 0 Å². The molecule has 4 rings (SSSR count). The predicted molar refractivity (Wildman–Crippen MR) is 96.1 cm³/mol. The first-order valence-electron chi connectivity index (χ1n) is 8.55. The van der Waals surface area contributed by atoms with E-state index < -0.39 is 11.9 Å². The summed E-state index contributed by atoms with van der Waals surface area (Å²) in [4.78, 5) is 13.4. The molecule has 0 bridgehead atoms. The first kappa shape index (κ1) is 16.8. The van der Waals surface area contributed by atoms with Crippen LogP contribution in [0.3, 0.4) is 0 Å². The van der Waals surface area contributed by atoms with Gasteiger partial charge in [-0.1, -0.05) is 30.3 Å². The van der Waals surface area contributed by atoms with Gasteiger partial charge in [0.05, 0.1) is 20.3 Å². The smallest absolute Gasteiger partial charge is 0.305 e. The van der Waals surface area contributed by atoms with Crippen molar-refractivity contribution in [3.63, 3.8) is 0 Å². The molecule has 2 aromatic carbocycles. The third kappa shape index (κ3) is 2.60. The Morgan fingerprint density at radius 1 is 1.04 bits per heavy atom. The number of carbonyl (C=O) groups excluding carboxylic acids is 1. The minimum Gasteiger partial charge on any atom is -0.497 e. The van der Waals surface area contributed by atoms with Crippen LogP contribution in [0.4, 0.5) is 0 Å². The second-order valence-corrected chi connectivity index (χ2v) is 6.30. The molecule has 2 atom stereocenters. The van der Waals surface area contributed by atoms with Crippen LogP contribution in [0.1, 0.15) is 12.5 Å². The van der Waals surface area contributed by atoms with E-state index in [1.54, 1.807) is 19.2 Å². The number of fused-ring (bicyclic) bond motifs is 1. The van der Waals surface area contributed by atoms with Gasteiger partial charge in [0, 0.05) is 5.57 Å². The molecule has 2 aliphatic rings. The Labute approximate surface area is 152 Å². The van der Waals surface area contributed by atoms with Crippen LogP contribution < -0.4 is 9.47 Å². The maximum absolute atomic E-state index is 13.4. The molecule has 1 heterocycles. The van der Waals surface area contributed by atoms with E-state index in [1.165, 1.54) is 0 Å². The van der Waals surface area contributed by atoms with Crippen LogP contribution in [0.15, 0.2) is 60.2 Å². The van der Waals surface area contributed by atoms with Gasteiger partial charge in [0.15, 0.2) is 6.10 Å². The lowest BCUT2D eigenvalue weighted by atomic mass is 10.0. The Kier molecular flexibility index (Phi) is 4.26. The molecule has 5 nitrogen and oxygen atoms in total. The number of Topliss-reactive ketones (excluding diaryl/α,β-unsaturated/α-hetero) is 1. The summed E-state index contributed by atoms with van der Waals surface area (Å²) in [5.41, 5.74) is 2.13. The largest absolute Gasteiger partial charge is 0.497 e. The van der Waals surface area contributed by atoms with Gasteiger partial charge in [-0.2, -0.15) is 0 Å². The van der Waals surface area contributed by atoms with Crippen LogP contribution in [0.5, 0.6) is 11.5 Å². The summed E-state index contributed by atoms with van der Waals surface area (Å²) < 4.78 is 23.2. The quantitative estimate of drug-likeness (QED) is 0.845. The Morgan fingerprint density at radius 3 is 2.58 bits per heavy atom. The molecule has 2 aromatic rings. The van der Waals surface area contributed by atoms with Crippen molar-refractivity contribution in [1.82, 2.24) is 0 Å². The third-order valence-electron chi connectivity index (χ3n) is 4.73. The highest BCUT2D eigenvalue weighted by atomic mass is 16.7. The lowest BCUT2D eigenvalue weighted by Crippen LogP contribution is -2.57. The van der Waals surface area contributed by atoms with E-state index in [-0.39, 0.29) is 5.78 Å². The van der Waals surface area contributed by atoms with Gasteiger partial charge in [-0.3, -0.25) is 4.79 Å². The highest BCUT2D eigenvalue weighted by molar-refractivity contribution is 6.28. The molecule has 1 fully saturated rings. The summed E-state index contributed by atoms with van der Waals surface area (Å²) in [5.74, 6) is -0.458. The van der Waals surface area contributed by atoms with Crippen molar-refractivity contribution >= 4 is 11.4 Å². The van der Waals surface area contributed by atoms with Crippen molar-refractivity contribution in [1.29, 1.82) is 0 Å². The molecule has 1 saturated heterocycles. The number of rotatable bonds is 4. The standard InChI is InChI=1S/C21H20O5/c1-14-18(15-7-6-10-17(13-15)23-2)19(22)21(20(14)24-11-12-25-21)26-16-8-4-3-5-9-16/h3-10,13,20H,11-12H2,1-2H3/t20-,21-/m1/s1. The molecule has 0 N–H and O–H groups in total. The van der Waals surface area contributed by atoms with Gasteiger partial charge in [-0.05, 0) is 42.3 Å². The fraction of sp³-hybridized carbons (Fsp3) is 0.286. The number of ketones is 1. The average molecular weight is 352 g/mol. The molecule has 1 aliphatic heterocycles. The first-order chi connectivity index (χ1) is 12.7. The Morgan fingerprint density at radius 2 is 1.81 bits per heavy atom. The van der Waals surface area contributed by atoms with Crippen LogP contribution in [0.25, 0.3) is 5.57 Å². The van der Waals surface area contributed by atoms with Gasteiger partial charge < -0.3 is 18.9 Å². The lowest BCUT2D eigenvalue weighted by molar-refractivity contribution is -0.257. The van der Waals surface area contributed by atoms with Crippen molar-refractivity contribution in [3.8, 4) is 11.5 Å². The zero-order chi connectivity index (χ0) is 18.1. The van der Waals surface area contributed by atoms with Gasteiger partial charge in [0.2, 0.25) is 5.78 Å². The maximum Gasteiger partial charge on any atom is 0.305 e. The molecule has 1 aliphatic carbocycles. The first-order valence-corrected chi connectivity index (χ1v) is 8.55. The number of benzene rings is 2. The van der Waals surface area contributed by atoms with E-state index >= 15 is 0 Å². The Balaban J connectivity index is 1.77.